The summed E-state index contributed by atoms with van der Waals surface area (Å²) in [4.78, 5) is 11.9. The van der Waals surface area contributed by atoms with Crippen molar-refractivity contribution in [2.75, 3.05) is 11.9 Å². The van der Waals surface area contributed by atoms with Gasteiger partial charge in [0.15, 0.2) is 0 Å². The smallest absolute Gasteiger partial charge is 0.340 e. The fraction of sp³-hybridized carbons (Fsp3) is 0.250. The summed E-state index contributed by atoms with van der Waals surface area (Å²) in [7, 11) is 1.83. The Morgan fingerprint density at radius 3 is 2.86 bits per heavy atom. The molecule has 0 saturated heterocycles. The van der Waals surface area contributed by atoms with Gasteiger partial charge in [0.05, 0.1) is 12.2 Å². The zero-order valence-electron chi connectivity index (χ0n) is 12.1. The predicted molar refractivity (Wildman–Crippen MR) is 79.9 cm³/mol. The number of rotatable bonds is 5. The molecule has 1 N–H and O–H groups in total. The third-order valence-electron chi connectivity index (χ3n) is 3.08. The number of carbonyl (C=O) groups excluding carboxylic acids is 1. The van der Waals surface area contributed by atoms with E-state index < -0.39 is 0 Å². The van der Waals surface area contributed by atoms with Crippen LogP contribution in [0.5, 0.6) is 0 Å². The first-order valence-electron chi connectivity index (χ1n) is 6.71. The molecule has 0 fully saturated rings. The number of benzene rings is 1. The van der Waals surface area contributed by atoms with Crippen molar-refractivity contribution in [3.63, 3.8) is 0 Å². The molecular formula is C16H17N3O2. The molecule has 5 nitrogen and oxygen atoms in total. The third kappa shape index (κ3) is 3.42. The highest BCUT2D eigenvalue weighted by atomic mass is 16.5. The maximum Gasteiger partial charge on any atom is 0.340 e. The molecule has 5 heteroatoms. The zero-order valence-corrected chi connectivity index (χ0v) is 12.1. The van der Waals surface area contributed by atoms with E-state index in [0.29, 0.717) is 24.4 Å². The Kier molecular flexibility index (Phi) is 4.62. The van der Waals surface area contributed by atoms with E-state index >= 15 is 0 Å². The van der Waals surface area contributed by atoms with Gasteiger partial charge >= 0.3 is 5.97 Å². The maximum atomic E-state index is 11.9. The van der Waals surface area contributed by atoms with Crippen molar-refractivity contribution in [3.8, 4) is 6.07 Å². The SMILES string of the molecule is CCOC(=O)c1ccccc1NCc1cc(C#N)n(C)c1. The van der Waals surface area contributed by atoms with E-state index in [-0.39, 0.29) is 5.97 Å². The van der Waals surface area contributed by atoms with Gasteiger partial charge in [-0.3, -0.25) is 0 Å². The predicted octanol–water partition coefficient (Wildman–Crippen LogP) is 2.69. The number of aromatic nitrogens is 1. The topological polar surface area (TPSA) is 67.0 Å². The van der Waals surface area contributed by atoms with Crippen LogP contribution in [0, 0.1) is 11.3 Å². The van der Waals surface area contributed by atoms with Crippen molar-refractivity contribution in [3.05, 3.63) is 53.3 Å². The molecule has 0 bridgehead atoms. The number of hydrogen-bond donors (Lipinski definition) is 1. The molecule has 2 rings (SSSR count). The standard InChI is InChI=1S/C16H17N3O2/c1-3-21-16(20)14-6-4-5-7-15(14)18-10-12-8-13(9-17)19(2)11-12/h4-8,11,18H,3,10H2,1-2H3. The maximum absolute atomic E-state index is 11.9. The van der Waals surface area contributed by atoms with E-state index in [1.165, 1.54) is 0 Å². The Labute approximate surface area is 123 Å². The summed E-state index contributed by atoms with van der Waals surface area (Å²) in [5, 5.41) is 12.2. The highest BCUT2D eigenvalue weighted by Gasteiger charge is 2.11. The number of esters is 1. The van der Waals surface area contributed by atoms with Crippen molar-refractivity contribution < 1.29 is 9.53 Å². The third-order valence-corrected chi connectivity index (χ3v) is 3.08. The van der Waals surface area contributed by atoms with E-state index in [2.05, 4.69) is 11.4 Å². The number of aryl methyl sites for hydroxylation is 1. The van der Waals surface area contributed by atoms with Crippen LogP contribution >= 0.6 is 0 Å². The average molecular weight is 283 g/mol. The normalized spacial score (nSPS) is 9.95. The summed E-state index contributed by atoms with van der Waals surface area (Å²) in [5.41, 5.74) is 2.81. The van der Waals surface area contributed by atoms with Crippen molar-refractivity contribution >= 4 is 11.7 Å². The molecular weight excluding hydrogens is 266 g/mol. The molecule has 0 aliphatic rings. The van der Waals surface area contributed by atoms with E-state index in [9.17, 15) is 4.79 Å². The lowest BCUT2D eigenvalue weighted by Gasteiger charge is -2.10. The fourth-order valence-electron chi connectivity index (χ4n) is 2.06. The van der Waals surface area contributed by atoms with Gasteiger partial charge in [-0.15, -0.1) is 0 Å². The van der Waals surface area contributed by atoms with Crippen LogP contribution in [0.4, 0.5) is 5.69 Å². The average Bonchev–Trinajstić information content (AvgIpc) is 2.86. The molecule has 0 atom stereocenters. The van der Waals surface area contributed by atoms with Gasteiger partial charge in [-0.1, -0.05) is 12.1 Å². The second kappa shape index (κ2) is 6.62. The highest BCUT2D eigenvalue weighted by molar-refractivity contribution is 5.95. The van der Waals surface area contributed by atoms with Crippen LogP contribution in [0.25, 0.3) is 0 Å². The molecule has 0 spiro atoms. The fourth-order valence-corrected chi connectivity index (χ4v) is 2.06. The summed E-state index contributed by atoms with van der Waals surface area (Å²) in [5.74, 6) is -0.341. The molecule has 0 radical (unpaired) electrons. The lowest BCUT2D eigenvalue weighted by molar-refractivity contribution is 0.0527. The second-order valence-corrected chi connectivity index (χ2v) is 4.58. The van der Waals surface area contributed by atoms with Crippen molar-refractivity contribution in [1.82, 2.24) is 4.57 Å². The number of nitrogens with zero attached hydrogens (tertiary/aromatic N) is 2. The van der Waals surface area contributed by atoms with Gasteiger partial charge in [0, 0.05) is 25.5 Å². The number of nitriles is 1. The van der Waals surface area contributed by atoms with Crippen molar-refractivity contribution in [2.45, 2.75) is 13.5 Å². The molecule has 21 heavy (non-hydrogen) atoms. The largest absolute Gasteiger partial charge is 0.462 e. The van der Waals surface area contributed by atoms with Crippen LogP contribution in [0.2, 0.25) is 0 Å². The summed E-state index contributed by atoms with van der Waals surface area (Å²) in [6.45, 7) is 2.66. The molecule has 1 aromatic heterocycles. The Morgan fingerprint density at radius 1 is 1.43 bits per heavy atom. The van der Waals surface area contributed by atoms with Gasteiger partial charge in [0.25, 0.3) is 0 Å². The monoisotopic (exact) mass is 283 g/mol. The first-order valence-corrected chi connectivity index (χ1v) is 6.71. The van der Waals surface area contributed by atoms with Crippen molar-refractivity contribution in [2.24, 2.45) is 7.05 Å². The molecule has 0 aliphatic carbocycles. The van der Waals surface area contributed by atoms with E-state index in [4.69, 9.17) is 10.00 Å². The van der Waals surface area contributed by atoms with Crippen molar-refractivity contribution in [1.29, 1.82) is 5.26 Å². The minimum atomic E-state index is -0.341. The van der Waals surface area contributed by atoms with E-state index in [1.54, 1.807) is 23.6 Å². The van der Waals surface area contributed by atoms with E-state index in [1.807, 2.05) is 31.4 Å². The highest BCUT2D eigenvalue weighted by Crippen LogP contribution is 2.18. The minimum Gasteiger partial charge on any atom is -0.462 e. The molecule has 0 aliphatic heterocycles. The molecule has 0 saturated carbocycles. The summed E-state index contributed by atoms with van der Waals surface area (Å²) in [6.07, 6.45) is 1.89. The number of ether oxygens (including phenoxy) is 1. The Hall–Kier alpha value is -2.74. The summed E-state index contributed by atoms with van der Waals surface area (Å²) >= 11 is 0. The number of anilines is 1. The van der Waals surface area contributed by atoms with Gasteiger partial charge in [-0.05, 0) is 30.7 Å². The van der Waals surface area contributed by atoms with Crippen LogP contribution in [0.3, 0.4) is 0 Å². The van der Waals surface area contributed by atoms with Gasteiger partial charge < -0.3 is 14.6 Å². The minimum absolute atomic E-state index is 0.341. The van der Waals surface area contributed by atoms with Crippen LogP contribution in [-0.2, 0) is 18.3 Å². The van der Waals surface area contributed by atoms with Crippen LogP contribution in [0.15, 0.2) is 36.5 Å². The second-order valence-electron chi connectivity index (χ2n) is 4.58. The molecule has 2 aromatic rings. The Balaban J connectivity index is 2.13. The zero-order chi connectivity index (χ0) is 15.2. The Morgan fingerprint density at radius 2 is 2.19 bits per heavy atom. The number of para-hydroxylation sites is 1. The number of nitrogens with one attached hydrogen (secondary N) is 1. The molecule has 108 valence electrons. The van der Waals surface area contributed by atoms with Gasteiger partial charge in [0.1, 0.15) is 11.8 Å². The lowest BCUT2D eigenvalue weighted by Crippen LogP contribution is -2.09. The molecule has 1 heterocycles. The number of hydrogen-bond acceptors (Lipinski definition) is 4. The first-order chi connectivity index (χ1) is 10.2. The van der Waals surface area contributed by atoms with Gasteiger partial charge in [0.2, 0.25) is 0 Å². The first kappa shape index (κ1) is 14.7. The summed E-state index contributed by atoms with van der Waals surface area (Å²) < 4.78 is 6.81. The van der Waals surface area contributed by atoms with Gasteiger partial charge in [-0.25, -0.2) is 4.79 Å². The van der Waals surface area contributed by atoms with E-state index in [0.717, 1.165) is 11.3 Å². The van der Waals surface area contributed by atoms with Gasteiger partial charge in [-0.2, -0.15) is 5.26 Å². The number of carbonyl (C=O) groups is 1. The quantitative estimate of drug-likeness (QED) is 0.857. The van der Waals surface area contributed by atoms with Crippen LogP contribution in [0.1, 0.15) is 28.5 Å². The lowest BCUT2D eigenvalue weighted by atomic mass is 10.1. The van der Waals surface area contributed by atoms with Crippen LogP contribution in [-0.4, -0.2) is 17.1 Å². The van der Waals surface area contributed by atoms with Crippen LogP contribution < -0.4 is 5.32 Å². The summed E-state index contributed by atoms with van der Waals surface area (Å²) in [6, 6.07) is 11.2. The molecule has 0 unspecified atom stereocenters. The molecule has 0 amide bonds. The molecule has 1 aromatic carbocycles. The Bertz CT molecular complexity index is 683.